The van der Waals surface area contributed by atoms with Crippen LogP contribution in [0.4, 0.5) is 0 Å². The van der Waals surface area contributed by atoms with Gasteiger partial charge in [-0.15, -0.1) is 0 Å². The Balaban J connectivity index is 2.20. The van der Waals surface area contributed by atoms with Crippen LogP contribution in [0.25, 0.3) is 17.0 Å². The molecule has 5 heteroatoms. The van der Waals surface area contributed by atoms with Gasteiger partial charge in [0.2, 0.25) is 5.95 Å². The fourth-order valence-corrected chi connectivity index (χ4v) is 1.57. The van der Waals surface area contributed by atoms with Crippen LogP contribution in [0.15, 0.2) is 36.7 Å². The van der Waals surface area contributed by atoms with Crippen LogP contribution < -0.4 is 0 Å². The van der Waals surface area contributed by atoms with E-state index in [9.17, 15) is 0 Å². The lowest BCUT2D eigenvalue weighted by Gasteiger charge is -1.91. The molecule has 0 radical (unpaired) electrons. The van der Waals surface area contributed by atoms with Crippen LogP contribution in [-0.2, 0) is 0 Å². The zero-order valence-corrected chi connectivity index (χ0v) is 8.25. The van der Waals surface area contributed by atoms with Crippen LogP contribution in [-0.4, -0.2) is 19.7 Å². The molecule has 2 aromatic heterocycles. The molecular formula is C11H7N5. The van der Waals surface area contributed by atoms with Gasteiger partial charge in [0.1, 0.15) is 0 Å². The van der Waals surface area contributed by atoms with Crippen molar-refractivity contribution in [2.24, 2.45) is 0 Å². The smallest absolute Gasteiger partial charge is 0.229 e. The Morgan fingerprint density at radius 1 is 1.38 bits per heavy atom. The van der Waals surface area contributed by atoms with Crippen molar-refractivity contribution in [2.75, 3.05) is 0 Å². The lowest BCUT2D eigenvalue weighted by atomic mass is 10.2. The fraction of sp³-hybridized carbons (Fsp3) is 0. The van der Waals surface area contributed by atoms with Crippen molar-refractivity contribution in [1.29, 1.82) is 5.26 Å². The second-order valence-electron chi connectivity index (χ2n) is 3.35. The predicted octanol–water partition coefficient (Wildman–Crippen LogP) is 1.62. The zero-order chi connectivity index (χ0) is 11.0. The van der Waals surface area contributed by atoms with Crippen molar-refractivity contribution in [3.8, 4) is 12.0 Å². The largest absolute Gasteiger partial charge is 0.322 e. The van der Waals surface area contributed by atoms with Crippen molar-refractivity contribution in [2.45, 2.75) is 0 Å². The summed E-state index contributed by atoms with van der Waals surface area (Å²) in [6.07, 6.45) is 3.50. The number of rotatable bonds is 1. The Morgan fingerprint density at radius 2 is 2.31 bits per heavy atom. The molecule has 1 aromatic carbocycles. The number of aromatic nitrogens is 4. The molecule has 0 bridgehead atoms. The van der Waals surface area contributed by atoms with Gasteiger partial charge < -0.3 is 4.98 Å². The summed E-state index contributed by atoms with van der Waals surface area (Å²) in [5.74, 6) is 0.648. The van der Waals surface area contributed by atoms with Gasteiger partial charge in [0.05, 0.1) is 22.7 Å². The molecule has 0 saturated carbocycles. The molecule has 2 heterocycles. The Morgan fingerprint density at radius 3 is 3.06 bits per heavy atom. The molecule has 0 amide bonds. The summed E-state index contributed by atoms with van der Waals surface area (Å²) in [7, 11) is 0. The van der Waals surface area contributed by atoms with Gasteiger partial charge in [0.25, 0.3) is 0 Å². The fourth-order valence-electron chi connectivity index (χ4n) is 1.57. The van der Waals surface area contributed by atoms with Crippen molar-refractivity contribution in [1.82, 2.24) is 19.7 Å². The molecule has 0 saturated heterocycles. The molecule has 16 heavy (non-hydrogen) atoms. The summed E-state index contributed by atoms with van der Waals surface area (Å²) in [5.41, 5.74) is 2.28. The molecule has 0 fully saturated rings. The first-order valence-corrected chi connectivity index (χ1v) is 4.77. The van der Waals surface area contributed by atoms with Gasteiger partial charge in [0.15, 0.2) is 0 Å². The molecule has 0 spiro atoms. The van der Waals surface area contributed by atoms with Crippen molar-refractivity contribution in [3.05, 3.63) is 42.2 Å². The number of nitriles is 1. The first kappa shape index (κ1) is 8.68. The molecule has 5 nitrogen and oxygen atoms in total. The highest BCUT2D eigenvalue weighted by Gasteiger charge is 2.04. The maximum Gasteiger partial charge on any atom is 0.229 e. The average molecular weight is 209 g/mol. The highest BCUT2D eigenvalue weighted by atomic mass is 15.3. The van der Waals surface area contributed by atoms with Crippen molar-refractivity contribution >= 4 is 11.0 Å². The molecule has 0 aliphatic rings. The van der Waals surface area contributed by atoms with Gasteiger partial charge in [-0.25, -0.2) is 9.67 Å². The number of imidazole rings is 1. The zero-order valence-electron chi connectivity index (χ0n) is 8.25. The lowest BCUT2D eigenvalue weighted by molar-refractivity contribution is 0.829. The first-order chi connectivity index (χ1) is 7.86. The first-order valence-electron chi connectivity index (χ1n) is 4.77. The van der Waals surface area contributed by atoms with Crippen LogP contribution in [0.2, 0.25) is 0 Å². The summed E-state index contributed by atoms with van der Waals surface area (Å²) in [6, 6.07) is 9.26. The quantitative estimate of drug-likeness (QED) is 0.662. The van der Waals surface area contributed by atoms with Gasteiger partial charge in [-0.1, -0.05) is 0 Å². The van der Waals surface area contributed by atoms with Gasteiger partial charge in [-0.2, -0.15) is 10.4 Å². The van der Waals surface area contributed by atoms with Gasteiger partial charge in [-0.3, -0.25) is 0 Å². The predicted molar refractivity (Wildman–Crippen MR) is 57.9 cm³/mol. The van der Waals surface area contributed by atoms with Crippen molar-refractivity contribution in [3.63, 3.8) is 0 Å². The van der Waals surface area contributed by atoms with Crippen LogP contribution in [0, 0.1) is 11.3 Å². The normalized spacial score (nSPS) is 10.4. The monoisotopic (exact) mass is 209 g/mol. The summed E-state index contributed by atoms with van der Waals surface area (Å²) >= 11 is 0. The van der Waals surface area contributed by atoms with E-state index in [1.807, 2.05) is 18.3 Å². The minimum atomic E-state index is 0.614. The van der Waals surface area contributed by atoms with Crippen LogP contribution in [0.1, 0.15) is 5.56 Å². The Hall–Kier alpha value is -2.61. The summed E-state index contributed by atoms with van der Waals surface area (Å²) in [5, 5.41) is 12.9. The second-order valence-corrected chi connectivity index (χ2v) is 3.35. The SMILES string of the molecule is N#Cc1ccc2nc(-n3cccn3)[nH]c2c1. The van der Waals surface area contributed by atoms with Gasteiger partial charge in [-0.05, 0) is 24.3 Å². The Labute approximate surface area is 91.0 Å². The van der Waals surface area contributed by atoms with E-state index in [1.54, 1.807) is 23.0 Å². The van der Waals surface area contributed by atoms with E-state index in [2.05, 4.69) is 21.1 Å². The summed E-state index contributed by atoms with van der Waals surface area (Å²) in [6.45, 7) is 0. The number of aromatic amines is 1. The maximum atomic E-state index is 8.79. The van der Waals surface area contributed by atoms with E-state index in [4.69, 9.17) is 5.26 Å². The number of fused-ring (bicyclic) bond motifs is 1. The van der Waals surface area contributed by atoms with Crippen LogP contribution in [0.5, 0.6) is 0 Å². The van der Waals surface area contributed by atoms with E-state index in [0.29, 0.717) is 11.5 Å². The number of H-pyrrole nitrogens is 1. The third-order valence-electron chi connectivity index (χ3n) is 2.32. The second kappa shape index (κ2) is 3.21. The molecule has 76 valence electrons. The van der Waals surface area contributed by atoms with E-state index in [0.717, 1.165) is 11.0 Å². The Bertz CT molecular complexity index is 672. The van der Waals surface area contributed by atoms with E-state index >= 15 is 0 Å². The summed E-state index contributed by atoms with van der Waals surface area (Å²) < 4.78 is 1.64. The van der Waals surface area contributed by atoms with Crippen LogP contribution in [0.3, 0.4) is 0 Å². The third-order valence-corrected chi connectivity index (χ3v) is 2.32. The number of benzene rings is 1. The number of nitrogens with zero attached hydrogens (tertiary/aromatic N) is 4. The molecule has 0 aliphatic carbocycles. The minimum Gasteiger partial charge on any atom is -0.322 e. The summed E-state index contributed by atoms with van der Waals surface area (Å²) in [4.78, 5) is 7.48. The molecule has 3 rings (SSSR count). The van der Waals surface area contributed by atoms with E-state index in [1.165, 1.54) is 0 Å². The van der Waals surface area contributed by atoms with Crippen molar-refractivity contribution < 1.29 is 0 Å². The standard InChI is InChI=1S/C11H7N5/c12-7-8-2-3-9-10(6-8)15-11(14-9)16-5-1-4-13-16/h1-6H,(H,14,15). The molecule has 1 N–H and O–H groups in total. The maximum absolute atomic E-state index is 8.79. The van der Waals surface area contributed by atoms with E-state index in [-0.39, 0.29) is 0 Å². The Kier molecular flexibility index (Phi) is 1.74. The topological polar surface area (TPSA) is 70.3 Å². The highest BCUT2D eigenvalue weighted by Crippen LogP contribution is 2.14. The molecule has 3 aromatic rings. The molecular weight excluding hydrogens is 202 g/mol. The number of hydrogen-bond donors (Lipinski definition) is 1. The van der Waals surface area contributed by atoms with Crippen LogP contribution >= 0.6 is 0 Å². The molecule has 0 aliphatic heterocycles. The minimum absolute atomic E-state index is 0.614. The molecule has 0 atom stereocenters. The number of nitrogens with one attached hydrogen (secondary N) is 1. The third kappa shape index (κ3) is 1.25. The lowest BCUT2D eigenvalue weighted by Crippen LogP contribution is -1.95. The average Bonchev–Trinajstić information content (AvgIpc) is 2.96. The number of hydrogen-bond acceptors (Lipinski definition) is 3. The van der Waals surface area contributed by atoms with Gasteiger partial charge >= 0.3 is 0 Å². The van der Waals surface area contributed by atoms with Gasteiger partial charge in [0, 0.05) is 12.4 Å². The highest BCUT2D eigenvalue weighted by molar-refractivity contribution is 5.77. The molecule has 0 unspecified atom stereocenters. The van der Waals surface area contributed by atoms with E-state index < -0.39 is 0 Å².